The van der Waals surface area contributed by atoms with Crippen LogP contribution in [0.1, 0.15) is 21.5 Å². The highest BCUT2D eigenvalue weighted by molar-refractivity contribution is 5.93. The van der Waals surface area contributed by atoms with Gasteiger partial charge in [-0.25, -0.2) is 4.79 Å². The molecule has 3 heteroatoms. The van der Waals surface area contributed by atoms with Crippen LogP contribution >= 0.6 is 12.4 Å². The second kappa shape index (κ2) is 3.62. The molecule has 0 bridgehead atoms. The van der Waals surface area contributed by atoms with Crippen LogP contribution in [0, 0.1) is 0 Å². The third kappa shape index (κ3) is 1.58. The van der Waals surface area contributed by atoms with E-state index in [1.54, 1.807) is 12.1 Å². The van der Waals surface area contributed by atoms with E-state index in [9.17, 15) is 4.79 Å². The van der Waals surface area contributed by atoms with E-state index in [1.165, 1.54) is 0 Å². The molecule has 13 heavy (non-hydrogen) atoms. The first-order valence-corrected chi connectivity index (χ1v) is 3.81. The molecule has 0 unspecified atom stereocenters. The first-order chi connectivity index (χ1) is 5.79. The molecule has 1 aliphatic rings. The van der Waals surface area contributed by atoms with Crippen molar-refractivity contribution in [1.29, 1.82) is 0 Å². The van der Waals surface area contributed by atoms with E-state index in [2.05, 4.69) is 0 Å². The summed E-state index contributed by atoms with van der Waals surface area (Å²) in [6.45, 7) is 0. The molecule has 1 N–H and O–H groups in total. The second-order valence-corrected chi connectivity index (χ2v) is 2.79. The first kappa shape index (κ1) is 9.81. The van der Waals surface area contributed by atoms with Gasteiger partial charge in [0.2, 0.25) is 0 Å². The van der Waals surface area contributed by atoms with Crippen LogP contribution in [0.4, 0.5) is 0 Å². The maximum absolute atomic E-state index is 10.7. The Morgan fingerprint density at radius 3 is 2.85 bits per heavy atom. The van der Waals surface area contributed by atoms with Gasteiger partial charge >= 0.3 is 5.97 Å². The fraction of sp³-hybridized carbons (Fsp3) is 0.100. The molecule has 0 fully saturated rings. The van der Waals surface area contributed by atoms with Gasteiger partial charge in [0.05, 0.1) is 5.56 Å². The normalized spacial score (nSPS) is 12.0. The average Bonchev–Trinajstić information content (AvgIpc) is 2.49. The van der Waals surface area contributed by atoms with Gasteiger partial charge in [0.15, 0.2) is 0 Å². The van der Waals surface area contributed by atoms with Crippen molar-refractivity contribution in [1.82, 2.24) is 0 Å². The monoisotopic (exact) mass is 196 g/mol. The van der Waals surface area contributed by atoms with Crippen molar-refractivity contribution in [2.24, 2.45) is 0 Å². The van der Waals surface area contributed by atoms with Crippen molar-refractivity contribution in [2.75, 3.05) is 0 Å². The molecule has 0 saturated carbocycles. The molecular weight excluding hydrogens is 188 g/mol. The minimum atomic E-state index is -0.849. The zero-order chi connectivity index (χ0) is 8.55. The van der Waals surface area contributed by atoms with Gasteiger partial charge in [0.25, 0.3) is 0 Å². The number of benzene rings is 1. The molecule has 0 amide bonds. The molecule has 0 heterocycles. The number of halogens is 1. The first-order valence-electron chi connectivity index (χ1n) is 3.81. The van der Waals surface area contributed by atoms with Crippen LogP contribution in [-0.2, 0) is 6.42 Å². The Balaban J connectivity index is 0.000000845. The topological polar surface area (TPSA) is 37.3 Å². The Bertz CT molecular complexity index is 369. The van der Waals surface area contributed by atoms with Crippen molar-refractivity contribution in [3.63, 3.8) is 0 Å². The molecule has 0 aromatic heterocycles. The lowest BCUT2D eigenvalue weighted by molar-refractivity contribution is 0.0696. The summed E-state index contributed by atoms with van der Waals surface area (Å²) in [4.78, 5) is 10.7. The molecule has 1 aromatic carbocycles. The Morgan fingerprint density at radius 2 is 2.15 bits per heavy atom. The summed E-state index contributed by atoms with van der Waals surface area (Å²) in [6, 6.07) is 5.38. The smallest absolute Gasteiger partial charge is 0.336 e. The highest BCUT2D eigenvalue weighted by Gasteiger charge is 2.13. The fourth-order valence-electron chi connectivity index (χ4n) is 1.48. The fourth-order valence-corrected chi connectivity index (χ4v) is 1.48. The largest absolute Gasteiger partial charge is 0.478 e. The van der Waals surface area contributed by atoms with Crippen molar-refractivity contribution in [3.05, 3.63) is 41.0 Å². The molecule has 2 nitrogen and oxygen atoms in total. The van der Waals surface area contributed by atoms with Crippen LogP contribution in [0.5, 0.6) is 0 Å². The van der Waals surface area contributed by atoms with Gasteiger partial charge < -0.3 is 5.11 Å². The summed E-state index contributed by atoms with van der Waals surface area (Å²) < 4.78 is 0. The molecule has 0 atom stereocenters. The minimum absolute atomic E-state index is 0. The van der Waals surface area contributed by atoms with Crippen LogP contribution < -0.4 is 0 Å². The lowest BCUT2D eigenvalue weighted by atomic mass is 10.0. The third-order valence-corrected chi connectivity index (χ3v) is 2.05. The summed E-state index contributed by atoms with van der Waals surface area (Å²) in [5, 5.41) is 8.82. The number of aromatic carboxylic acids is 1. The standard InChI is InChI=1S/C10H8O2.ClH/c11-10(12)9-6-2-4-7-3-1-5-8(7)9;/h1-2,4-6H,3H2,(H,11,12);1H. The van der Waals surface area contributed by atoms with Gasteiger partial charge in [-0.05, 0) is 23.6 Å². The van der Waals surface area contributed by atoms with Crippen LogP contribution in [0.15, 0.2) is 24.3 Å². The Hall–Kier alpha value is -1.28. The van der Waals surface area contributed by atoms with E-state index in [0.29, 0.717) is 5.56 Å². The quantitative estimate of drug-likeness (QED) is 0.749. The van der Waals surface area contributed by atoms with Gasteiger partial charge in [0.1, 0.15) is 0 Å². The number of allylic oxidation sites excluding steroid dienone is 1. The van der Waals surface area contributed by atoms with Crippen LogP contribution in [-0.4, -0.2) is 11.1 Å². The van der Waals surface area contributed by atoms with Crippen molar-refractivity contribution >= 4 is 24.5 Å². The van der Waals surface area contributed by atoms with Gasteiger partial charge in [-0.2, -0.15) is 0 Å². The highest BCUT2D eigenvalue weighted by Crippen LogP contribution is 2.22. The summed E-state index contributed by atoms with van der Waals surface area (Å²) in [7, 11) is 0. The number of carboxylic acids is 1. The van der Waals surface area contributed by atoms with Crippen molar-refractivity contribution < 1.29 is 9.90 Å². The van der Waals surface area contributed by atoms with Crippen LogP contribution in [0.2, 0.25) is 0 Å². The summed E-state index contributed by atoms with van der Waals surface area (Å²) in [5.74, 6) is -0.849. The lowest BCUT2D eigenvalue weighted by Gasteiger charge is -2.01. The maximum atomic E-state index is 10.7. The van der Waals surface area contributed by atoms with E-state index in [4.69, 9.17) is 5.11 Å². The van der Waals surface area contributed by atoms with E-state index in [1.807, 2.05) is 18.2 Å². The Kier molecular flexibility index (Phi) is 2.73. The van der Waals surface area contributed by atoms with Crippen LogP contribution in [0.25, 0.3) is 6.08 Å². The Labute approximate surface area is 82.3 Å². The van der Waals surface area contributed by atoms with E-state index < -0.39 is 5.97 Å². The zero-order valence-corrected chi connectivity index (χ0v) is 7.67. The number of rotatable bonds is 1. The van der Waals surface area contributed by atoms with Gasteiger partial charge in [-0.3, -0.25) is 0 Å². The number of fused-ring (bicyclic) bond motifs is 1. The highest BCUT2D eigenvalue weighted by atomic mass is 35.5. The molecule has 1 aliphatic carbocycles. The predicted octanol–water partition coefficient (Wildman–Crippen LogP) is 2.38. The van der Waals surface area contributed by atoms with E-state index in [-0.39, 0.29) is 12.4 Å². The molecule has 0 saturated heterocycles. The second-order valence-electron chi connectivity index (χ2n) is 2.79. The summed E-state index contributed by atoms with van der Waals surface area (Å²) in [6.07, 6.45) is 4.71. The molecular formula is C10H9ClO2. The van der Waals surface area contributed by atoms with Gasteiger partial charge in [-0.1, -0.05) is 24.3 Å². The van der Waals surface area contributed by atoms with E-state index >= 15 is 0 Å². The van der Waals surface area contributed by atoms with Crippen molar-refractivity contribution in [2.45, 2.75) is 6.42 Å². The predicted molar refractivity (Wildman–Crippen MR) is 53.4 cm³/mol. The minimum Gasteiger partial charge on any atom is -0.478 e. The lowest BCUT2D eigenvalue weighted by Crippen LogP contribution is -1.99. The number of carboxylic acid groups (broad SMARTS) is 1. The number of hydrogen-bond acceptors (Lipinski definition) is 1. The van der Waals surface area contributed by atoms with Gasteiger partial charge in [0, 0.05) is 0 Å². The molecule has 2 rings (SSSR count). The maximum Gasteiger partial charge on any atom is 0.336 e. The van der Waals surface area contributed by atoms with E-state index in [0.717, 1.165) is 17.5 Å². The molecule has 68 valence electrons. The zero-order valence-electron chi connectivity index (χ0n) is 6.86. The Morgan fingerprint density at radius 1 is 1.38 bits per heavy atom. The molecule has 0 aliphatic heterocycles. The van der Waals surface area contributed by atoms with Crippen molar-refractivity contribution in [3.8, 4) is 0 Å². The number of hydrogen-bond donors (Lipinski definition) is 1. The van der Waals surface area contributed by atoms with Gasteiger partial charge in [-0.15, -0.1) is 12.4 Å². The molecule has 0 spiro atoms. The molecule has 1 aromatic rings. The van der Waals surface area contributed by atoms with Crippen LogP contribution in [0.3, 0.4) is 0 Å². The average molecular weight is 197 g/mol. The SMILES string of the molecule is Cl.O=C(O)c1cccc2c1C=CC2. The summed E-state index contributed by atoms with van der Waals surface area (Å²) >= 11 is 0. The third-order valence-electron chi connectivity index (χ3n) is 2.05. The number of carbonyl (C=O) groups is 1. The summed E-state index contributed by atoms with van der Waals surface area (Å²) in [5.41, 5.74) is 2.38. The molecule has 0 radical (unpaired) electrons.